The molecule has 5 rings (SSSR count). The molecule has 198 valence electrons. The Balaban J connectivity index is 1.29. The molecule has 0 spiro atoms. The lowest BCUT2D eigenvalue weighted by Gasteiger charge is -2.23. The molecular formula is C32H27F2NO4. The quantitative estimate of drug-likeness (QED) is 0.232. The van der Waals surface area contributed by atoms with Crippen molar-refractivity contribution in [1.82, 2.24) is 4.90 Å². The van der Waals surface area contributed by atoms with Gasteiger partial charge in [0.05, 0.1) is 5.56 Å². The molecule has 1 aliphatic rings. The lowest BCUT2D eigenvalue weighted by atomic mass is 9.99. The summed E-state index contributed by atoms with van der Waals surface area (Å²) >= 11 is 0. The summed E-state index contributed by atoms with van der Waals surface area (Å²) in [5.74, 6) is -1.77. The van der Waals surface area contributed by atoms with Gasteiger partial charge in [-0.2, -0.15) is 0 Å². The Morgan fingerprint density at radius 1 is 0.872 bits per heavy atom. The molecule has 5 nitrogen and oxygen atoms in total. The first-order valence-electron chi connectivity index (χ1n) is 12.8. The van der Waals surface area contributed by atoms with Crippen molar-refractivity contribution in [2.24, 2.45) is 5.92 Å². The summed E-state index contributed by atoms with van der Waals surface area (Å²) < 4.78 is 34.4. The summed E-state index contributed by atoms with van der Waals surface area (Å²) in [6.45, 7) is 0.730. The van der Waals surface area contributed by atoms with E-state index < -0.39 is 29.4 Å². The van der Waals surface area contributed by atoms with Gasteiger partial charge in [0.2, 0.25) is 0 Å². The number of hydrogen-bond acceptors (Lipinski definition) is 4. The van der Waals surface area contributed by atoms with Crippen LogP contribution >= 0.6 is 0 Å². The van der Waals surface area contributed by atoms with Crippen molar-refractivity contribution < 1.29 is 28.2 Å². The summed E-state index contributed by atoms with van der Waals surface area (Å²) in [6.07, 6.45) is 0.716. The van der Waals surface area contributed by atoms with E-state index in [9.17, 15) is 19.1 Å². The van der Waals surface area contributed by atoms with Gasteiger partial charge < -0.3 is 14.7 Å². The van der Waals surface area contributed by atoms with Gasteiger partial charge in [-0.05, 0) is 54.2 Å². The van der Waals surface area contributed by atoms with Gasteiger partial charge in [-0.1, -0.05) is 66.7 Å². The van der Waals surface area contributed by atoms with Gasteiger partial charge in [0.1, 0.15) is 17.7 Å². The third-order valence-electron chi connectivity index (χ3n) is 6.67. The number of amides is 1. The van der Waals surface area contributed by atoms with Crippen molar-refractivity contribution >= 4 is 11.7 Å². The minimum absolute atomic E-state index is 0.0367. The van der Waals surface area contributed by atoms with Crippen molar-refractivity contribution in [2.75, 3.05) is 6.54 Å². The Labute approximate surface area is 225 Å². The third-order valence-corrected chi connectivity index (χ3v) is 6.67. The third kappa shape index (κ3) is 6.38. The molecule has 1 N–H and O–H groups in total. The maximum Gasteiger partial charge on any atom is 0.257 e. The first-order chi connectivity index (χ1) is 18.9. The van der Waals surface area contributed by atoms with Crippen LogP contribution in [0.2, 0.25) is 0 Å². The first-order valence-corrected chi connectivity index (χ1v) is 12.8. The van der Waals surface area contributed by atoms with Gasteiger partial charge in [0, 0.05) is 24.7 Å². The number of ketones is 1. The Morgan fingerprint density at radius 2 is 1.56 bits per heavy atom. The Morgan fingerprint density at radius 3 is 2.23 bits per heavy atom. The highest BCUT2D eigenvalue weighted by atomic mass is 19.1. The molecule has 0 aromatic heterocycles. The number of aliphatic hydroxyl groups is 1. The number of Topliss-reactive ketones (excluding diaryl/α,β-unsaturated/α-hetero) is 1. The summed E-state index contributed by atoms with van der Waals surface area (Å²) in [5, 5.41) is 10.6. The van der Waals surface area contributed by atoms with Gasteiger partial charge in [-0.15, -0.1) is 0 Å². The highest BCUT2D eigenvalue weighted by molar-refractivity contribution is 5.99. The van der Waals surface area contributed by atoms with Crippen LogP contribution in [0.25, 0.3) is 0 Å². The zero-order chi connectivity index (χ0) is 27.4. The van der Waals surface area contributed by atoms with Crippen molar-refractivity contribution in [3.05, 3.63) is 131 Å². The lowest BCUT2D eigenvalue weighted by molar-refractivity contribution is 0.0729. The maximum atomic E-state index is 15.0. The van der Waals surface area contributed by atoms with E-state index in [1.807, 2.05) is 0 Å². The van der Waals surface area contributed by atoms with Gasteiger partial charge in [-0.3, -0.25) is 9.59 Å². The second kappa shape index (κ2) is 11.6. The Bertz CT molecular complexity index is 1470. The SMILES string of the molecule is O=C(c1ccccc1)C(O)c1ccc(CN(CC2CC2)C(=O)c2ccc(Oc3ccccc3F)cc2F)cc1. The molecule has 1 amide bonds. The van der Waals surface area contributed by atoms with Crippen molar-refractivity contribution in [3.8, 4) is 11.5 Å². The van der Waals surface area contributed by atoms with E-state index in [1.165, 1.54) is 30.3 Å². The molecule has 39 heavy (non-hydrogen) atoms. The highest BCUT2D eigenvalue weighted by Crippen LogP contribution is 2.32. The van der Waals surface area contributed by atoms with E-state index in [1.54, 1.807) is 65.6 Å². The van der Waals surface area contributed by atoms with Gasteiger partial charge in [0.25, 0.3) is 5.91 Å². The number of para-hydroxylation sites is 1. The predicted octanol–water partition coefficient (Wildman–Crippen LogP) is 6.73. The largest absolute Gasteiger partial charge is 0.454 e. The van der Waals surface area contributed by atoms with E-state index >= 15 is 4.39 Å². The number of ether oxygens (including phenoxy) is 1. The van der Waals surface area contributed by atoms with Crippen LogP contribution in [0.4, 0.5) is 8.78 Å². The molecule has 4 aromatic rings. The number of aliphatic hydroxyl groups excluding tert-OH is 1. The molecule has 7 heteroatoms. The van der Waals surface area contributed by atoms with E-state index in [-0.39, 0.29) is 23.6 Å². The highest BCUT2D eigenvalue weighted by Gasteiger charge is 2.29. The molecular weight excluding hydrogens is 500 g/mol. The summed E-state index contributed by atoms with van der Waals surface area (Å²) in [5.41, 5.74) is 1.55. The molecule has 0 heterocycles. The van der Waals surface area contributed by atoms with Gasteiger partial charge in [0.15, 0.2) is 17.3 Å². The van der Waals surface area contributed by atoms with Crippen molar-refractivity contribution in [3.63, 3.8) is 0 Å². The second-order valence-electron chi connectivity index (χ2n) is 9.68. The fourth-order valence-electron chi connectivity index (χ4n) is 4.33. The zero-order valence-electron chi connectivity index (χ0n) is 21.1. The fourth-order valence-corrected chi connectivity index (χ4v) is 4.33. The van der Waals surface area contributed by atoms with E-state index in [0.717, 1.165) is 24.5 Å². The molecule has 1 unspecified atom stereocenters. The molecule has 1 atom stereocenters. The van der Waals surface area contributed by atoms with Crippen molar-refractivity contribution in [2.45, 2.75) is 25.5 Å². The Hall–Kier alpha value is -4.36. The van der Waals surface area contributed by atoms with E-state index in [4.69, 9.17) is 4.74 Å². The minimum atomic E-state index is -1.30. The van der Waals surface area contributed by atoms with Crippen LogP contribution in [-0.2, 0) is 6.54 Å². The number of hydrogen-bond donors (Lipinski definition) is 1. The second-order valence-corrected chi connectivity index (χ2v) is 9.68. The lowest BCUT2D eigenvalue weighted by Crippen LogP contribution is -2.33. The number of halogens is 2. The van der Waals surface area contributed by atoms with Crippen LogP contribution in [0.3, 0.4) is 0 Å². The topological polar surface area (TPSA) is 66.8 Å². The van der Waals surface area contributed by atoms with E-state index in [0.29, 0.717) is 23.6 Å². The first kappa shape index (κ1) is 26.3. The monoisotopic (exact) mass is 527 g/mol. The maximum absolute atomic E-state index is 15.0. The molecule has 0 radical (unpaired) electrons. The summed E-state index contributed by atoms with van der Waals surface area (Å²) in [7, 11) is 0. The number of carbonyl (C=O) groups excluding carboxylic acids is 2. The van der Waals surface area contributed by atoms with Crippen LogP contribution in [0.1, 0.15) is 50.8 Å². The Kier molecular flexibility index (Phi) is 7.79. The number of benzene rings is 4. The van der Waals surface area contributed by atoms with Gasteiger partial charge in [-0.25, -0.2) is 8.78 Å². The normalized spacial score (nSPS) is 13.5. The predicted molar refractivity (Wildman–Crippen MR) is 143 cm³/mol. The number of nitrogens with zero attached hydrogens (tertiary/aromatic N) is 1. The fraction of sp³-hybridized carbons (Fsp3) is 0.188. The molecule has 1 fully saturated rings. The molecule has 4 aromatic carbocycles. The molecule has 1 saturated carbocycles. The standard InChI is InChI=1S/C32H27F2NO4/c33-27-8-4-5-9-29(27)39-25-16-17-26(28(34)18-25)32(38)35(19-21-10-11-21)20-22-12-14-24(15-13-22)31(37)30(36)23-6-2-1-3-7-23/h1-9,12-18,21,31,37H,10-11,19-20H2. The zero-order valence-corrected chi connectivity index (χ0v) is 21.1. The molecule has 0 saturated heterocycles. The number of rotatable bonds is 10. The minimum Gasteiger partial charge on any atom is -0.454 e. The van der Waals surface area contributed by atoms with Crippen LogP contribution in [0.5, 0.6) is 11.5 Å². The van der Waals surface area contributed by atoms with Crippen LogP contribution in [-0.4, -0.2) is 28.2 Å². The average Bonchev–Trinajstić information content (AvgIpc) is 3.78. The van der Waals surface area contributed by atoms with Crippen LogP contribution < -0.4 is 4.74 Å². The summed E-state index contributed by atoms with van der Waals surface area (Å²) in [4.78, 5) is 27.6. The van der Waals surface area contributed by atoms with E-state index in [2.05, 4.69) is 0 Å². The summed E-state index contributed by atoms with van der Waals surface area (Å²) in [6, 6.07) is 25.1. The smallest absolute Gasteiger partial charge is 0.257 e. The van der Waals surface area contributed by atoms with Crippen LogP contribution in [0.15, 0.2) is 97.1 Å². The molecule has 1 aliphatic carbocycles. The number of carbonyl (C=O) groups is 2. The van der Waals surface area contributed by atoms with Gasteiger partial charge >= 0.3 is 0 Å². The molecule has 0 aliphatic heterocycles. The average molecular weight is 528 g/mol. The van der Waals surface area contributed by atoms with Crippen molar-refractivity contribution in [1.29, 1.82) is 0 Å². The van der Waals surface area contributed by atoms with Crippen LogP contribution in [0, 0.1) is 17.6 Å². The molecule has 0 bridgehead atoms.